The number of hydrogen-bond donors (Lipinski definition) is 1. The quantitative estimate of drug-likeness (QED) is 0.762. The molecule has 0 saturated carbocycles. The normalized spacial score (nSPS) is 18.9. The summed E-state index contributed by atoms with van der Waals surface area (Å²) in [5, 5.41) is 5.93. The molecule has 1 aliphatic heterocycles. The van der Waals surface area contributed by atoms with Crippen molar-refractivity contribution in [3.8, 4) is 0 Å². The van der Waals surface area contributed by atoms with E-state index in [1.807, 2.05) is 11.3 Å². The van der Waals surface area contributed by atoms with Crippen molar-refractivity contribution < 1.29 is 0 Å². The minimum Gasteiger partial charge on any atom is -0.309 e. The van der Waals surface area contributed by atoms with Gasteiger partial charge in [0.1, 0.15) is 0 Å². The van der Waals surface area contributed by atoms with Crippen LogP contribution in [0.1, 0.15) is 50.4 Å². The van der Waals surface area contributed by atoms with E-state index < -0.39 is 0 Å². The Morgan fingerprint density at radius 2 is 2.05 bits per heavy atom. The zero-order chi connectivity index (χ0) is 13.5. The van der Waals surface area contributed by atoms with Crippen LogP contribution in [0.15, 0.2) is 17.5 Å². The third-order valence-electron chi connectivity index (χ3n) is 3.98. The van der Waals surface area contributed by atoms with Gasteiger partial charge in [0.2, 0.25) is 0 Å². The number of nitrogens with zero attached hydrogens (tertiary/aromatic N) is 1. The maximum Gasteiger partial charge on any atom is 0.0438 e. The van der Waals surface area contributed by atoms with Gasteiger partial charge in [-0.05, 0) is 62.8 Å². The Balaban J connectivity index is 1.68. The van der Waals surface area contributed by atoms with E-state index in [1.165, 1.54) is 50.2 Å². The third kappa shape index (κ3) is 4.90. The van der Waals surface area contributed by atoms with Crippen LogP contribution in [-0.2, 0) is 0 Å². The van der Waals surface area contributed by atoms with Gasteiger partial charge in [-0.15, -0.1) is 11.3 Å². The molecule has 0 aromatic carbocycles. The Labute approximate surface area is 122 Å². The van der Waals surface area contributed by atoms with Crippen molar-refractivity contribution in [3.05, 3.63) is 22.4 Å². The van der Waals surface area contributed by atoms with Crippen molar-refractivity contribution in [2.45, 2.75) is 45.6 Å². The van der Waals surface area contributed by atoms with Gasteiger partial charge < -0.3 is 10.2 Å². The van der Waals surface area contributed by atoms with E-state index in [9.17, 15) is 0 Å². The van der Waals surface area contributed by atoms with Gasteiger partial charge in [-0.25, -0.2) is 0 Å². The molecule has 1 unspecified atom stereocenters. The lowest BCUT2D eigenvalue weighted by Gasteiger charge is -2.27. The first kappa shape index (κ1) is 15.0. The number of rotatable bonds is 7. The van der Waals surface area contributed by atoms with Gasteiger partial charge in [0.05, 0.1) is 0 Å². The maximum absolute atomic E-state index is 3.74. The second-order valence-corrected chi connectivity index (χ2v) is 6.93. The van der Waals surface area contributed by atoms with Crippen LogP contribution in [0.3, 0.4) is 0 Å². The molecular weight excluding hydrogens is 252 g/mol. The van der Waals surface area contributed by atoms with Gasteiger partial charge in [-0.3, -0.25) is 0 Å². The van der Waals surface area contributed by atoms with Gasteiger partial charge in [-0.2, -0.15) is 0 Å². The summed E-state index contributed by atoms with van der Waals surface area (Å²) in [6.07, 6.45) is 5.51. The minimum absolute atomic E-state index is 0.529. The standard InChI is InChI=1S/C16H28N2S/c1-14(2)16(15-8-6-13-19-15)17-9-7-12-18-10-4-3-5-11-18/h6,8,13-14,16-17H,3-5,7,9-12H2,1-2H3. The molecule has 1 aromatic rings. The zero-order valence-electron chi connectivity index (χ0n) is 12.4. The molecule has 1 saturated heterocycles. The van der Waals surface area contributed by atoms with E-state index in [0.717, 1.165) is 6.54 Å². The molecule has 2 nitrogen and oxygen atoms in total. The molecule has 0 spiro atoms. The number of nitrogens with one attached hydrogen (secondary N) is 1. The maximum atomic E-state index is 3.74. The average molecular weight is 280 g/mol. The Hall–Kier alpha value is -0.380. The van der Waals surface area contributed by atoms with Crippen molar-refractivity contribution in [1.29, 1.82) is 0 Å². The zero-order valence-corrected chi connectivity index (χ0v) is 13.2. The SMILES string of the molecule is CC(C)C(NCCCN1CCCCC1)c1cccs1. The molecule has 1 N–H and O–H groups in total. The van der Waals surface area contributed by atoms with Crippen molar-refractivity contribution >= 4 is 11.3 Å². The monoisotopic (exact) mass is 280 g/mol. The first-order chi connectivity index (χ1) is 9.27. The Bertz CT molecular complexity index is 329. The fourth-order valence-corrected chi connectivity index (χ4v) is 3.85. The van der Waals surface area contributed by atoms with Crippen LogP contribution in [-0.4, -0.2) is 31.1 Å². The molecule has 2 heterocycles. The number of thiophene rings is 1. The van der Waals surface area contributed by atoms with Gasteiger partial charge in [0.25, 0.3) is 0 Å². The molecule has 0 radical (unpaired) electrons. The highest BCUT2D eigenvalue weighted by molar-refractivity contribution is 7.10. The summed E-state index contributed by atoms with van der Waals surface area (Å²) in [4.78, 5) is 4.11. The van der Waals surface area contributed by atoms with E-state index in [2.05, 4.69) is 41.6 Å². The van der Waals surface area contributed by atoms with Crippen molar-refractivity contribution in [1.82, 2.24) is 10.2 Å². The summed E-state index contributed by atoms with van der Waals surface area (Å²) in [5.74, 6) is 0.661. The first-order valence-electron chi connectivity index (χ1n) is 7.76. The Morgan fingerprint density at radius 1 is 1.26 bits per heavy atom. The van der Waals surface area contributed by atoms with Crippen molar-refractivity contribution in [2.24, 2.45) is 5.92 Å². The van der Waals surface area contributed by atoms with E-state index in [1.54, 1.807) is 0 Å². The minimum atomic E-state index is 0.529. The third-order valence-corrected chi connectivity index (χ3v) is 4.94. The van der Waals surface area contributed by atoms with Crippen LogP contribution in [0.25, 0.3) is 0 Å². The lowest BCUT2D eigenvalue weighted by Crippen LogP contribution is -2.33. The van der Waals surface area contributed by atoms with Crippen LogP contribution in [0.5, 0.6) is 0 Å². The number of piperidine rings is 1. The smallest absolute Gasteiger partial charge is 0.0438 e. The molecule has 1 aromatic heterocycles. The van der Waals surface area contributed by atoms with Gasteiger partial charge in [-0.1, -0.05) is 26.3 Å². The largest absolute Gasteiger partial charge is 0.309 e. The van der Waals surface area contributed by atoms with Gasteiger partial charge in [0, 0.05) is 10.9 Å². The lowest BCUT2D eigenvalue weighted by molar-refractivity contribution is 0.224. The second-order valence-electron chi connectivity index (χ2n) is 5.95. The predicted molar refractivity (Wildman–Crippen MR) is 84.8 cm³/mol. The van der Waals surface area contributed by atoms with Crippen LogP contribution < -0.4 is 5.32 Å². The van der Waals surface area contributed by atoms with Crippen molar-refractivity contribution in [3.63, 3.8) is 0 Å². The highest BCUT2D eigenvalue weighted by Crippen LogP contribution is 2.25. The summed E-state index contributed by atoms with van der Waals surface area (Å²) in [5.41, 5.74) is 0. The number of likely N-dealkylation sites (tertiary alicyclic amines) is 1. The lowest BCUT2D eigenvalue weighted by atomic mass is 10.0. The second kappa shape index (κ2) is 8.03. The molecule has 1 fully saturated rings. The molecule has 0 aliphatic carbocycles. The highest BCUT2D eigenvalue weighted by Gasteiger charge is 2.16. The van der Waals surface area contributed by atoms with Crippen LogP contribution in [0.4, 0.5) is 0 Å². The van der Waals surface area contributed by atoms with Gasteiger partial charge in [0.15, 0.2) is 0 Å². The van der Waals surface area contributed by atoms with E-state index >= 15 is 0 Å². The fraction of sp³-hybridized carbons (Fsp3) is 0.750. The van der Waals surface area contributed by atoms with Crippen LogP contribution in [0.2, 0.25) is 0 Å². The summed E-state index contributed by atoms with van der Waals surface area (Å²) < 4.78 is 0. The van der Waals surface area contributed by atoms with E-state index in [0.29, 0.717) is 12.0 Å². The summed E-state index contributed by atoms with van der Waals surface area (Å²) >= 11 is 1.87. The molecule has 2 rings (SSSR count). The molecule has 0 bridgehead atoms. The van der Waals surface area contributed by atoms with Gasteiger partial charge >= 0.3 is 0 Å². The molecular formula is C16H28N2S. The summed E-state index contributed by atoms with van der Waals surface area (Å²) in [6.45, 7) is 9.65. The Kier molecular flexibility index (Phi) is 6.35. The average Bonchev–Trinajstić information content (AvgIpc) is 2.93. The van der Waals surface area contributed by atoms with Crippen LogP contribution >= 0.6 is 11.3 Å². The van der Waals surface area contributed by atoms with Crippen molar-refractivity contribution in [2.75, 3.05) is 26.2 Å². The molecule has 1 aliphatic rings. The molecule has 108 valence electrons. The molecule has 19 heavy (non-hydrogen) atoms. The Morgan fingerprint density at radius 3 is 2.68 bits per heavy atom. The molecule has 3 heteroatoms. The van der Waals surface area contributed by atoms with E-state index in [4.69, 9.17) is 0 Å². The number of hydrogen-bond acceptors (Lipinski definition) is 3. The topological polar surface area (TPSA) is 15.3 Å². The van der Waals surface area contributed by atoms with Crippen LogP contribution in [0, 0.1) is 5.92 Å². The summed E-state index contributed by atoms with van der Waals surface area (Å²) in [7, 11) is 0. The highest BCUT2D eigenvalue weighted by atomic mass is 32.1. The fourth-order valence-electron chi connectivity index (χ4n) is 2.88. The van der Waals surface area contributed by atoms with E-state index in [-0.39, 0.29) is 0 Å². The molecule has 1 atom stereocenters. The summed E-state index contributed by atoms with van der Waals surface area (Å²) in [6, 6.07) is 4.94. The first-order valence-corrected chi connectivity index (χ1v) is 8.64. The predicted octanol–water partition coefficient (Wildman–Crippen LogP) is 3.91. The molecule has 0 amide bonds.